The van der Waals surface area contributed by atoms with E-state index in [1.165, 1.54) is 27.6 Å². The topological polar surface area (TPSA) is 39.3 Å². The Bertz CT molecular complexity index is 944. The van der Waals surface area contributed by atoms with Crippen molar-refractivity contribution < 1.29 is 4.79 Å². The molecule has 0 atom stereocenters. The minimum Gasteiger partial charge on any atom is -0.361 e. The molecular formula is C25H31N3O. The number of nitrogens with one attached hydrogen (secondary N) is 1. The van der Waals surface area contributed by atoms with E-state index in [0.717, 1.165) is 52.0 Å². The maximum atomic E-state index is 12.7. The Hall–Kier alpha value is -2.59. The first-order chi connectivity index (χ1) is 14.2. The van der Waals surface area contributed by atoms with Gasteiger partial charge in [-0.15, -0.1) is 0 Å². The zero-order chi connectivity index (χ0) is 20.1. The number of fused-ring (bicyclic) bond motifs is 1. The van der Waals surface area contributed by atoms with Gasteiger partial charge >= 0.3 is 0 Å². The first kappa shape index (κ1) is 19.7. The number of carbonyl (C=O) groups is 1. The van der Waals surface area contributed by atoms with Gasteiger partial charge in [0.1, 0.15) is 0 Å². The minimum absolute atomic E-state index is 0.307. The molecule has 4 heteroatoms. The van der Waals surface area contributed by atoms with E-state index in [2.05, 4.69) is 70.4 Å². The van der Waals surface area contributed by atoms with Gasteiger partial charge < -0.3 is 9.88 Å². The van der Waals surface area contributed by atoms with Crippen LogP contribution in [0.3, 0.4) is 0 Å². The molecule has 1 aliphatic rings. The number of rotatable bonds is 6. The third-order valence-corrected chi connectivity index (χ3v) is 5.98. The van der Waals surface area contributed by atoms with Crippen LogP contribution in [0, 0.1) is 6.92 Å². The Labute approximate surface area is 173 Å². The Morgan fingerprint density at radius 2 is 1.83 bits per heavy atom. The van der Waals surface area contributed by atoms with Crippen molar-refractivity contribution in [1.82, 2.24) is 14.8 Å². The molecule has 0 saturated carbocycles. The largest absolute Gasteiger partial charge is 0.361 e. The van der Waals surface area contributed by atoms with E-state index in [9.17, 15) is 4.79 Å². The highest BCUT2D eigenvalue weighted by Crippen LogP contribution is 2.20. The molecule has 1 saturated heterocycles. The van der Waals surface area contributed by atoms with Gasteiger partial charge in [-0.2, -0.15) is 0 Å². The van der Waals surface area contributed by atoms with E-state index in [1.807, 2.05) is 6.07 Å². The van der Waals surface area contributed by atoms with Gasteiger partial charge in [0.05, 0.1) is 0 Å². The van der Waals surface area contributed by atoms with Crippen LogP contribution in [0.25, 0.3) is 10.9 Å². The van der Waals surface area contributed by atoms with Crippen LogP contribution < -0.4 is 0 Å². The quantitative estimate of drug-likeness (QED) is 0.673. The number of aryl methyl sites for hydroxylation is 2. The van der Waals surface area contributed by atoms with Crippen molar-refractivity contribution in [2.45, 2.75) is 39.2 Å². The zero-order valence-electron chi connectivity index (χ0n) is 17.4. The summed E-state index contributed by atoms with van der Waals surface area (Å²) in [5.74, 6) is 0.307. The summed E-state index contributed by atoms with van der Waals surface area (Å²) in [5, 5.41) is 1.28. The molecule has 0 bridgehead atoms. The predicted molar refractivity (Wildman–Crippen MR) is 119 cm³/mol. The summed E-state index contributed by atoms with van der Waals surface area (Å²) in [6, 6.07) is 17.2. The van der Waals surface area contributed by atoms with E-state index in [-0.39, 0.29) is 0 Å². The third kappa shape index (κ3) is 5.07. The average Bonchev–Trinajstić information content (AvgIpc) is 3.00. The van der Waals surface area contributed by atoms with Gasteiger partial charge in [-0.05, 0) is 43.4 Å². The van der Waals surface area contributed by atoms with Crippen molar-refractivity contribution in [2.75, 3.05) is 26.2 Å². The van der Waals surface area contributed by atoms with Crippen LogP contribution >= 0.6 is 0 Å². The lowest BCUT2D eigenvalue weighted by atomic mass is 10.1. The summed E-state index contributed by atoms with van der Waals surface area (Å²) in [4.78, 5) is 20.6. The fraction of sp³-hybridized carbons (Fsp3) is 0.400. The monoisotopic (exact) mass is 389 g/mol. The van der Waals surface area contributed by atoms with Crippen LogP contribution in [0.2, 0.25) is 0 Å². The first-order valence-corrected chi connectivity index (χ1v) is 10.8. The number of hydrogen-bond donors (Lipinski definition) is 1. The van der Waals surface area contributed by atoms with Gasteiger partial charge in [0.2, 0.25) is 5.91 Å². The Kier molecular flexibility index (Phi) is 6.30. The second-order valence-electron chi connectivity index (χ2n) is 8.21. The fourth-order valence-corrected chi connectivity index (χ4v) is 4.26. The van der Waals surface area contributed by atoms with Crippen molar-refractivity contribution in [3.05, 3.63) is 71.4 Å². The van der Waals surface area contributed by atoms with Crippen molar-refractivity contribution in [3.63, 3.8) is 0 Å². The van der Waals surface area contributed by atoms with Crippen molar-refractivity contribution in [2.24, 2.45) is 0 Å². The zero-order valence-corrected chi connectivity index (χ0v) is 17.4. The predicted octanol–water partition coefficient (Wildman–Crippen LogP) is 4.53. The van der Waals surface area contributed by atoms with E-state index >= 15 is 0 Å². The van der Waals surface area contributed by atoms with E-state index in [4.69, 9.17) is 0 Å². The lowest BCUT2D eigenvalue weighted by Crippen LogP contribution is -2.35. The maximum Gasteiger partial charge on any atom is 0.222 e. The molecule has 29 heavy (non-hydrogen) atoms. The number of para-hydroxylation sites is 1. The second-order valence-corrected chi connectivity index (χ2v) is 8.21. The van der Waals surface area contributed by atoms with E-state index < -0.39 is 0 Å². The average molecular weight is 390 g/mol. The highest BCUT2D eigenvalue weighted by molar-refractivity contribution is 5.83. The van der Waals surface area contributed by atoms with Gasteiger partial charge in [-0.3, -0.25) is 9.69 Å². The van der Waals surface area contributed by atoms with Gasteiger partial charge in [0.25, 0.3) is 0 Å². The van der Waals surface area contributed by atoms with Gasteiger partial charge in [-0.25, -0.2) is 0 Å². The summed E-state index contributed by atoms with van der Waals surface area (Å²) < 4.78 is 0. The Morgan fingerprint density at radius 3 is 2.69 bits per heavy atom. The van der Waals surface area contributed by atoms with E-state index in [0.29, 0.717) is 12.3 Å². The summed E-state index contributed by atoms with van der Waals surface area (Å²) in [5.41, 5.74) is 5.15. The summed E-state index contributed by atoms with van der Waals surface area (Å²) >= 11 is 0. The van der Waals surface area contributed by atoms with Gasteiger partial charge in [-0.1, -0.05) is 48.0 Å². The molecule has 4 rings (SSSR count). The molecule has 1 amide bonds. The van der Waals surface area contributed by atoms with Crippen LogP contribution in [-0.4, -0.2) is 46.9 Å². The number of carbonyl (C=O) groups excluding carboxylic acids is 1. The number of hydrogen-bond acceptors (Lipinski definition) is 2. The summed E-state index contributed by atoms with van der Waals surface area (Å²) in [6.07, 6.45) is 5.63. The normalized spacial score (nSPS) is 15.6. The van der Waals surface area contributed by atoms with Crippen molar-refractivity contribution in [3.8, 4) is 0 Å². The number of aromatic amines is 1. The Morgan fingerprint density at radius 1 is 1.00 bits per heavy atom. The molecule has 4 nitrogen and oxygen atoms in total. The van der Waals surface area contributed by atoms with Gasteiger partial charge in [0.15, 0.2) is 0 Å². The fourth-order valence-electron chi connectivity index (χ4n) is 4.26. The highest BCUT2D eigenvalue weighted by Gasteiger charge is 2.19. The molecule has 0 unspecified atom stereocenters. The SMILES string of the molecule is Cc1ccc(CN2CCCN(C(=O)CCCc3c[nH]c4ccccc34)CC2)cc1. The smallest absolute Gasteiger partial charge is 0.222 e. The first-order valence-electron chi connectivity index (χ1n) is 10.8. The summed E-state index contributed by atoms with van der Waals surface area (Å²) in [6.45, 7) is 6.85. The molecule has 0 spiro atoms. The molecule has 0 radical (unpaired) electrons. The van der Waals surface area contributed by atoms with Crippen LogP contribution in [-0.2, 0) is 17.8 Å². The number of H-pyrrole nitrogens is 1. The molecule has 152 valence electrons. The third-order valence-electron chi connectivity index (χ3n) is 5.98. The summed E-state index contributed by atoms with van der Waals surface area (Å²) in [7, 11) is 0. The van der Waals surface area contributed by atoms with Crippen LogP contribution in [0.15, 0.2) is 54.7 Å². The maximum absolute atomic E-state index is 12.7. The second kappa shape index (κ2) is 9.27. The lowest BCUT2D eigenvalue weighted by Gasteiger charge is -2.22. The molecule has 2 heterocycles. The Balaban J connectivity index is 1.24. The van der Waals surface area contributed by atoms with Crippen molar-refractivity contribution >= 4 is 16.8 Å². The van der Waals surface area contributed by atoms with E-state index in [1.54, 1.807) is 0 Å². The number of nitrogens with zero attached hydrogens (tertiary/aromatic N) is 2. The lowest BCUT2D eigenvalue weighted by molar-refractivity contribution is -0.131. The molecule has 1 aliphatic heterocycles. The molecule has 1 N–H and O–H groups in total. The highest BCUT2D eigenvalue weighted by atomic mass is 16.2. The minimum atomic E-state index is 0.307. The standard InChI is InChI=1S/C25H31N3O/c1-20-10-12-21(13-11-20)19-27-14-5-15-28(17-16-27)25(29)9-4-6-22-18-26-24-8-3-2-7-23(22)24/h2-3,7-8,10-13,18,26H,4-6,9,14-17,19H2,1H3. The van der Waals surface area contributed by atoms with Gasteiger partial charge in [0, 0.05) is 56.2 Å². The van der Waals surface area contributed by atoms with Crippen LogP contribution in [0.1, 0.15) is 36.0 Å². The van der Waals surface area contributed by atoms with Crippen LogP contribution in [0.5, 0.6) is 0 Å². The number of aromatic nitrogens is 1. The molecular weight excluding hydrogens is 358 g/mol. The molecule has 1 fully saturated rings. The molecule has 3 aromatic rings. The molecule has 2 aromatic carbocycles. The molecule has 1 aromatic heterocycles. The van der Waals surface area contributed by atoms with Crippen molar-refractivity contribution in [1.29, 1.82) is 0 Å². The van der Waals surface area contributed by atoms with Crippen LogP contribution in [0.4, 0.5) is 0 Å². The molecule has 0 aliphatic carbocycles. The number of amides is 1. The number of benzene rings is 2.